The molecular formula is C23H27ClFN3O4. The van der Waals surface area contributed by atoms with Crippen LogP contribution in [0.15, 0.2) is 24.3 Å². The predicted molar refractivity (Wildman–Crippen MR) is 117 cm³/mol. The summed E-state index contributed by atoms with van der Waals surface area (Å²) in [7, 11) is 0. The summed E-state index contributed by atoms with van der Waals surface area (Å²) in [5.41, 5.74) is 1.63. The fourth-order valence-electron chi connectivity index (χ4n) is 4.39. The molecule has 1 aromatic heterocycles. The van der Waals surface area contributed by atoms with Gasteiger partial charge >= 0.3 is 6.09 Å². The van der Waals surface area contributed by atoms with E-state index in [1.807, 2.05) is 23.3 Å². The summed E-state index contributed by atoms with van der Waals surface area (Å²) in [5, 5.41) is 3.11. The quantitative estimate of drug-likeness (QED) is 0.699. The number of carbonyl (C=O) groups is 2. The fourth-order valence-corrected chi connectivity index (χ4v) is 4.64. The first-order valence-corrected chi connectivity index (χ1v) is 11.3. The summed E-state index contributed by atoms with van der Waals surface area (Å²) in [5.74, 6) is -0.208. The Kier molecular flexibility index (Phi) is 6.71. The van der Waals surface area contributed by atoms with Crippen molar-refractivity contribution in [1.29, 1.82) is 0 Å². The second kappa shape index (κ2) is 9.50. The van der Waals surface area contributed by atoms with Crippen LogP contribution in [0.5, 0.6) is 5.75 Å². The number of nitrogens with zero attached hydrogens (tertiary/aromatic N) is 2. The highest BCUT2D eigenvalue weighted by molar-refractivity contribution is 6.31. The van der Waals surface area contributed by atoms with Crippen LogP contribution in [0.3, 0.4) is 0 Å². The van der Waals surface area contributed by atoms with E-state index < -0.39 is 18.0 Å². The van der Waals surface area contributed by atoms with Crippen LogP contribution >= 0.6 is 11.6 Å². The summed E-state index contributed by atoms with van der Waals surface area (Å²) in [6.45, 7) is 5.87. The molecule has 32 heavy (non-hydrogen) atoms. The Labute approximate surface area is 191 Å². The van der Waals surface area contributed by atoms with Crippen LogP contribution in [0.4, 0.5) is 9.18 Å². The van der Waals surface area contributed by atoms with E-state index in [1.54, 1.807) is 6.07 Å². The monoisotopic (exact) mass is 463 g/mol. The Hall–Kier alpha value is -2.58. The topological polar surface area (TPSA) is 72.8 Å². The molecule has 0 spiro atoms. The molecule has 1 fully saturated rings. The van der Waals surface area contributed by atoms with Gasteiger partial charge in [-0.05, 0) is 49.9 Å². The van der Waals surface area contributed by atoms with Crippen LogP contribution < -0.4 is 10.1 Å². The van der Waals surface area contributed by atoms with E-state index in [0.717, 1.165) is 19.4 Å². The second-order valence-electron chi connectivity index (χ2n) is 8.20. The minimum Gasteiger partial charge on any atom is -0.408 e. The average Bonchev–Trinajstić information content (AvgIpc) is 3.37. The van der Waals surface area contributed by atoms with Crippen molar-refractivity contribution < 1.29 is 23.5 Å². The molecule has 2 atom stereocenters. The van der Waals surface area contributed by atoms with E-state index >= 15 is 0 Å². The third-order valence-electron chi connectivity index (χ3n) is 6.14. The number of aromatic nitrogens is 1. The van der Waals surface area contributed by atoms with Gasteiger partial charge in [0.05, 0.1) is 24.9 Å². The molecule has 1 N–H and O–H groups in total. The largest absolute Gasteiger partial charge is 0.413 e. The Morgan fingerprint density at radius 2 is 2.16 bits per heavy atom. The molecular weight excluding hydrogens is 437 g/mol. The van der Waals surface area contributed by atoms with Gasteiger partial charge < -0.3 is 24.3 Å². The number of nitrogens with one attached hydrogen (secondary N) is 1. The number of hydrogen-bond donors (Lipinski definition) is 1. The summed E-state index contributed by atoms with van der Waals surface area (Å²) in [4.78, 5) is 27.7. The Morgan fingerprint density at radius 1 is 1.34 bits per heavy atom. The Bertz CT molecular complexity index is 1020. The highest BCUT2D eigenvalue weighted by Crippen LogP contribution is 2.31. The van der Waals surface area contributed by atoms with E-state index in [0.29, 0.717) is 41.5 Å². The molecule has 1 saturated heterocycles. The van der Waals surface area contributed by atoms with Crippen molar-refractivity contribution in [3.05, 3.63) is 52.1 Å². The molecule has 7 nitrogen and oxygen atoms in total. The molecule has 0 aliphatic carbocycles. The normalized spacial score (nSPS) is 18.9. The number of ether oxygens (including phenoxy) is 2. The van der Waals surface area contributed by atoms with Crippen molar-refractivity contribution in [3.63, 3.8) is 0 Å². The van der Waals surface area contributed by atoms with Crippen molar-refractivity contribution in [2.45, 2.75) is 58.3 Å². The molecule has 3 heterocycles. The van der Waals surface area contributed by atoms with Gasteiger partial charge in [-0.3, -0.25) is 4.79 Å². The van der Waals surface area contributed by atoms with Gasteiger partial charge in [0, 0.05) is 30.2 Å². The lowest BCUT2D eigenvalue weighted by Gasteiger charge is -2.24. The highest BCUT2D eigenvalue weighted by atomic mass is 35.5. The van der Waals surface area contributed by atoms with Crippen LogP contribution in [0.2, 0.25) is 5.02 Å². The molecule has 4 rings (SSSR count). The zero-order valence-electron chi connectivity index (χ0n) is 18.2. The lowest BCUT2D eigenvalue weighted by molar-refractivity contribution is 0.0686. The molecule has 2 aliphatic rings. The van der Waals surface area contributed by atoms with Gasteiger partial charge in [0.1, 0.15) is 11.5 Å². The number of benzene rings is 1. The molecule has 9 heteroatoms. The van der Waals surface area contributed by atoms with Gasteiger partial charge in [0.2, 0.25) is 0 Å². The third kappa shape index (κ3) is 4.47. The van der Waals surface area contributed by atoms with Crippen molar-refractivity contribution in [3.8, 4) is 5.75 Å². The zero-order chi connectivity index (χ0) is 22.8. The molecule has 0 radical (unpaired) electrons. The SMILES string of the molecule is CC[C@@H](NC(=O)Oc1cc(C(=O)N2CCC[C@@H]2C)n2c1COCC2)c1cc(F)ccc1Cl. The number of carbonyl (C=O) groups excluding carboxylic acids is 2. The standard InChI is InChI=1S/C23H27ClFN3O4/c1-3-18(16-11-15(25)6-7-17(16)24)26-23(30)32-21-12-19(28-9-10-31-13-20(21)28)22(29)27-8-4-5-14(27)2/h6-7,11-12,14,18H,3-5,8-10,13H2,1-2H3,(H,26,30)/t14-,18+/m0/s1. The molecule has 172 valence electrons. The van der Waals surface area contributed by atoms with Crippen LogP contribution in [-0.2, 0) is 17.9 Å². The number of likely N-dealkylation sites (tertiary alicyclic amines) is 1. The smallest absolute Gasteiger partial charge is 0.408 e. The Morgan fingerprint density at radius 3 is 2.88 bits per heavy atom. The maximum atomic E-state index is 13.7. The molecule has 2 aromatic rings. The van der Waals surface area contributed by atoms with Crippen LogP contribution in [-0.4, -0.2) is 40.7 Å². The van der Waals surface area contributed by atoms with Gasteiger partial charge in [-0.25, -0.2) is 9.18 Å². The summed E-state index contributed by atoms with van der Waals surface area (Å²) < 4.78 is 26.7. The van der Waals surface area contributed by atoms with Gasteiger partial charge in [-0.2, -0.15) is 0 Å². The third-order valence-corrected chi connectivity index (χ3v) is 6.48. The summed E-state index contributed by atoms with van der Waals surface area (Å²) >= 11 is 6.20. The van der Waals surface area contributed by atoms with Gasteiger partial charge in [-0.1, -0.05) is 18.5 Å². The van der Waals surface area contributed by atoms with Crippen LogP contribution in [0.25, 0.3) is 0 Å². The number of halogens is 2. The first-order valence-electron chi connectivity index (χ1n) is 10.9. The van der Waals surface area contributed by atoms with Crippen molar-refractivity contribution in [2.24, 2.45) is 0 Å². The van der Waals surface area contributed by atoms with Crippen LogP contribution in [0, 0.1) is 5.82 Å². The minimum atomic E-state index is -0.704. The molecule has 2 aliphatic heterocycles. The fraction of sp³-hybridized carbons (Fsp3) is 0.478. The minimum absolute atomic E-state index is 0.0635. The van der Waals surface area contributed by atoms with E-state index in [-0.39, 0.29) is 24.3 Å². The maximum absolute atomic E-state index is 13.7. The van der Waals surface area contributed by atoms with Crippen molar-refractivity contribution in [2.75, 3.05) is 13.2 Å². The molecule has 0 bridgehead atoms. The van der Waals surface area contributed by atoms with E-state index in [1.165, 1.54) is 18.2 Å². The molecule has 1 aromatic carbocycles. The first-order chi connectivity index (χ1) is 15.4. The predicted octanol–water partition coefficient (Wildman–Crippen LogP) is 4.68. The maximum Gasteiger partial charge on any atom is 0.413 e. The lowest BCUT2D eigenvalue weighted by Crippen LogP contribution is -2.35. The van der Waals surface area contributed by atoms with E-state index in [4.69, 9.17) is 21.1 Å². The molecule has 0 saturated carbocycles. The number of hydrogen-bond acceptors (Lipinski definition) is 4. The Balaban J connectivity index is 1.54. The summed E-state index contributed by atoms with van der Waals surface area (Å²) in [6, 6.07) is 5.31. The number of fused-ring (bicyclic) bond motifs is 1. The van der Waals surface area contributed by atoms with Gasteiger partial charge in [-0.15, -0.1) is 0 Å². The van der Waals surface area contributed by atoms with E-state index in [2.05, 4.69) is 5.32 Å². The lowest BCUT2D eigenvalue weighted by atomic mass is 10.0. The zero-order valence-corrected chi connectivity index (χ0v) is 19.0. The summed E-state index contributed by atoms with van der Waals surface area (Å²) in [6.07, 6.45) is 1.75. The number of amides is 2. The molecule has 0 unspecified atom stereocenters. The van der Waals surface area contributed by atoms with Crippen molar-refractivity contribution >= 4 is 23.6 Å². The van der Waals surface area contributed by atoms with E-state index in [9.17, 15) is 14.0 Å². The van der Waals surface area contributed by atoms with Crippen molar-refractivity contribution in [1.82, 2.24) is 14.8 Å². The van der Waals surface area contributed by atoms with Crippen LogP contribution in [0.1, 0.15) is 60.9 Å². The highest BCUT2D eigenvalue weighted by Gasteiger charge is 2.32. The first kappa shape index (κ1) is 22.6. The number of rotatable bonds is 5. The average molecular weight is 464 g/mol. The second-order valence-corrected chi connectivity index (χ2v) is 8.60. The molecule has 2 amide bonds. The van der Waals surface area contributed by atoms with Gasteiger partial charge in [0.15, 0.2) is 5.75 Å². The van der Waals surface area contributed by atoms with Gasteiger partial charge in [0.25, 0.3) is 5.91 Å².